The van der Waals surface area contributed by atoms with Crippen LogP contribution in [0.4, 0.5) is 19.0 Å². The molecule has 0 aliphatic carbocycles. The first-order valence-corrected chi connectivity index (χ1v) is 12.5. The second-order valence-electron chi connectivity index (χ2n) is 8.39. The molecule has 2 aromatic carbocycles. The van der Waals surface area contributed by atoms with Crippen LogP contribution in [-0.4, -0.2) is 54.6 Å². The van der Waals surface area contributed by atoms with E-state index in [9.17, 15) is 26.4 Å². The van der Waals surface area contributed by atoms with E-state index in [-0.39, 0.29) is 52.8 Å². The highest BCUT2D eigenvalue weighted by Gasteiger charge is 2.44. The number of nitrogens with one attached hydrogen (secondary N) is 1. The van der Waals surface area contributed by atoms with E-state index in [4.69, 9.17) is 14.0 Å². The number of para-hydroxylation sites is 1. The van der Waals surface area contributed by atoms with Crippen LogP contribution in [0.25, 0.3) is 11.0 Å². The minimum Gasteiger partial charge on any atom is -0.496 e. The van der Waals surface area contributed by atoms with Crippen molar-refractivity contribution in [3.63, 3.8) is 0 Å². The van der Waals surface area contributed by atoms with Gasteiger partial charge in [-0.15, -0.1) is 0 Å². The molecule has 0 bridgehead atoms. The Hall–Kier alpha value is -4.27. The van der Waals surface area contributed by atoms with Gasteiger partial charge in [0.15, 0.2) is 11.4 Å². The maximum atomic E-state index is 13.0. The lowest BCUT2D eigenvalue weighted by Gasteiger charge is -2.17. The Morgan fingerprint density at radius 3 is 2.58 bits per heavy atom. The molecular formula is C23H20F3N5O6S. The van der Waals surface area contributed by atoms with Crippen molar-refractivity contribution in [2.45, 2.75) is 30.7 Å². The molecule has 1 aliphatic heterocycles. The lowest BCUT2D eigenvalue weighted by Crippen LogP contribution is -2.37. The number of fused-ring (bicyclic) bond motifs is 2. The number of anilines is 1. The van der Waals surface area contributed by atoms with Crippen LogP contribution in [0.15, 0.2) is 52.0 Å². The molecule has 0 saturated heterocycles. The van der Waals surface area contributed by atoms with Crippen molar-refractivity contribution in [2.75, 3.05) is 18.9 Å². The van der Waals surface area contributed by atoms with E-state index in [2.05, 4.69) is 15.0 Å². The quantitative estimate of drug-likeness (QED) is 0.371. The molecule has 200 valence electrons. The molecular weight excluding hydrogens is 531 g/mol. The molecule has 0 spiro atoms. The molecule has 3 heterocycles. The summed E-state index contributed by atoms with van der Waals surface area (Å²) in [6.45, 7) is -0.295. The lowest BCUT2D eigenvalue weighted by molar-refractivity contribution is -0.186. The second kappa shape index (κ2) is 9.24. The summed E-state index contributed by atoms with van der Waals surface area (Å²) in [4.78, 5) is 12.3. The molecule has 0 atom stereocenters. The van der Waals surface area contributed by atoms with Crippen LogP contribution in [-0.2, 0) is 34.5 Å². The Kier molecular flexibility index (Phi) is 6.17. The highest BCUT2D eigenvalue weighted by atomic mass is 32.2. The molecule has 38 heavy (non-hydrogen) atoms. The van der Waals surface area contributed by atoms with E-state index in [0.29, 0.717) is 21.7 Å². The standard InChI is InChI=1S/C23H20F3N5O6S/c1-35-16-5-3-4-6-19(16)38(33,34)29-21-20-17(36-2)7-13(8-18(20)37-28-21)10-31-15-12-30(11-14(15)9-27-31)22(32)23(24,25)26/h3-9H,10-12H2,1-2H3,(H,28,29). The molecule has 1 N–H and O–H groups in total. The summed E-state index contributed by atoms with van der Waals surface area (Å²) in [5.41, 5.74) is 1.79. The number of methoxy groups -OCH3 is 2. The van der Waals surface area contributed by atoms with Gasteiger partial charge in [-0.25, -0.2) is 8.42 Å². The SMILES string of the molecule is COc1ccccc1S(=O)(=O)Nc1noc2cc(Cn3ncc4c3CN(C(=O)C(F)(F)F)C4)cc(OC)c12. The molecule has 4 aromatic rings. The molecule has 15 heteroatoms. The first-order chi connectivity index (χ1) is 18.0. The fourth-order valence-corrected chi connectivity index (χ4v) is 5.45. The van der Waals surface area contributed by atoms with E-state index >= 15 is 0 Å². The monoisotopic (exact) mass is 551 g/mol. The topological polar surface area (TPSA) is 129 Å². The summed E-state index contributed by atoms with van der Waals surface area (Å²) in [6.07, 6.45) is -3.54. The predicted molar refractivity (Wildman–Crippen MR) is 126 cm³/mol. The van der Waals surface area contributed by atoms with Gasteiger partial charge >= 0.3 is 12.1 Å². The van der Waals surface area contributed by atoms with Gasteiger partial charge in [-0.05, 0) is 29.8 Å². The van der Waals surface area contributed by atoms with Crippen molar-refractivity contribution in [3.8, 4) is 11.5 Å². The number of amides is 1. The van der Waals surface area contributed by atoms with Gasteiger partial charge in [-0.2, -0.15) is 18.3 Å². The van der Waals surface area contributed by atoms with Crippen molar-refractivity contribution in [3.05, 3.63) is 59.4 Å². The summed E-state index contributed by atoms with van der Waals surface area (Å²) in [5, 5.41) is 8.36. The average molecular weight is 552 g/mol. The molecule has 0 fully saturated rings. The normalized spacial score (nSPS) is 13.6. The first kappa shape index (κ1) is 25.4. The smallest absolute Gasteiger partial charge is 0.471 e. The largest absolute Gasteiger partial charge is 0.496 e. The van der Waals surface area contributed by atoms with Crippen molar-refractivity contribution in [1.82, 2.24) is 19.8 Å². The number of ether oxygens (including phenoxy) is 2. The van der Waals surface area contributed by atoms with Crippen LogP contribution in [0.3, 0.4) is 0 Å². The Bertz CT molecular complexity index is 1650. The number of nitrogens with zero attached hydrogens (tertiary/aromatic N) is 4. The zero-order valence-corrected chi connectivity index (χ0v) is 20.8. The van der Waals surface area contributed by atoms with Gasteiger partial charge in [-0.1, -0.05) is 17.3 Å². The van der Waals surface area contributed by atoms with Gasteiger partial charge in [0, 0.05) is 12.1 Å². The molecule has 2 aromatic heterocycles. The number of sulfonamides is 1. The number of carbonyl (C=O) groups is 1. The Labute approximate surface area is 213 Å². The fraction of sp³-hybridized carbons (Fsp3) is 0.261. The summed E-state index contributed by atoms with van der Waals surface area (Å²) in [6, 6.07) is 9.27. The number of alkyl halides is 3. The van der Waals surface area contributed by atoms with Gasteiger partial charge < -0.3 is 18.9 Å². The predicted octanol–water partition coefficient (Wildman–Crippen LogP) is 3.30. The lowest BCUT2D eigenvalue weighted by atomic mass is 10.1. The number of hydrogen-bond donors (Lipinski definition) is 1. The third-order valence-corrected chi connectivity index (χ3v) is 7.38. The van der Waals surface area contributed by atoms with Crippen molar-refractivity contribution in [1.29, 1.82) is 0 Å². The number of benzene rings is 2. The van der Waals surface area contributed by atoms with Crippen molar-refractivity contribution in [2.24, 2.45) is 0 Å². The van der Waals surface area contributed by atoms with E-state index in [1.165, 1.54) is 37.2 Å². The van der Waals surface area contributed by atoms with Crippen LogP contribution in [0.2, 0.25) is 0 Å². The fourth-order valence-electron chi connectivity index (χ4n) is 4.27. The Balaban J connectivity index is 1.43. The van der Waals surface area contributed by atoms with E-state index in [1.54, 1.807) is 24.3 Å². The maximum absolute atomic E-state index is 13.0. The summed E-state index contributed by atoms with van der Waals surface area (Å²) < 4.78 is 84.5. The number of hydrogen-bond acceptors (Lipinski definition) is 8. The van der Waals surface area contributed by atoms with Crippen molar-refractivity contribution < 1.29 is 40.4 Å². The first-order valence-electron chi connectivity index (χ1n) is 11.0. The maximum Gasteiger partial charge on any atom is 0.471 e. The van der Waals surface area contributed by atoms with E-state index in [1.807, 2.05) is 0 Å². The van der Waals surface area contributed by atoms with Gasteiger partial charge in [-0.3, -0.25) is 14.2 Å². The molecule has 5 rings (SSSR count). The van der Waals surface area contributed by atoms with E-state index in [0.717, 1.165) is 0 Å². The minimum atomic E-state index is -4.96. The number of aromatic nitrogens is 3. The van der Waals surface area contributed by atoms with Crippen LogP contribution < -0.4 is 14.2 Å². The minimum absolute atomic E-state index is 0.0974. The van der Waals surface area contributed by atoms with Crippen LogP contribution in [0.1, 0.15) is 16.8 Å². The van der Waals surface area contributed by atoms with E-state index < -0.39 is 22.1 Å². The Morgan fingerprint density at radius 2 is 1.87 bits per heavy atom. The summed E-state index contributed by atoms with van der Waals surface area (Å²) >= 11 is 0. The summed E-state index contributed by atoms with van der Waals surface area (Å²) in [5.74, 6) is -1.62. The third kappa shape index (κ3) is 4.49. The molecule has 0 radical (unpaired) electrons. The highest BCUT2D eigenvalue weighted by Crippen LogP contribution is 2.36. The zero-order valence-electron chi connectivity index (χ0n) is 19.9. The molecule has 0 saturated carbocycles. The van der Waals surface area contributed by atoms with Crippen LogP contribution in [0, 0.1) is 0 Å². The van der Waals surface area contributed by atoms with Crippen molar-refractivity contribution >= 4 is 32.7 Å². The Morgan fingerprint density at radius 1 is 1.13 bits per heavy atom. The van der Waals surface area contributed by atoms with Gasteiger partial charge in [0.05, 0.1) is 39.2 Å². The van der Waals surface area contributed by atoms with Gasteiger partial charge in [0.25, 0.3) is 10.0 Å². The van der Waals surface area contributed by atoms with Crippen LogP contribution >= 0.6 is 0 Å². The average Bonchev–Trinajstić information content (AvgIpc) is 3.58. The molecule has 11 nitrogen and oxygen atoms in total. The second-order valence-corrected chi connectivity index (χ2v) is 10.0. The number of rotatable bonds is 7. The molecule has 0 unspecified atom stereocenters. The highest BCUT2D eigenvalue weighted by molar-refractivity contribution is 7.92. The third-order valence-electron chi connectivity index (χ3n) is 6.01. The van der Waals surface area contributed by atoms with Gasteiger partial charge in [0.1, 0.15) is 21.8 Å². The van der Waals surface area contributed by atoms with Gasteiger partial charge in [0.2, 0.25) is 0 Å². The van der Waals surface area contributed by atoms with Crippen LogP contribution in [0.5, 0.6) is 11.5 Å². The number of halogens is 3. The molecule has 1 amide bonds. The summed E-state index contributed by atoms with van der Waals surface area (Å²) in [7, 11) is -1.37. The number of carbonyl (C=O) groups excluding carboxylic acids is 1. The zero-order chi connectivity index (χ0) is 27.2. The molecule has 1 aliphatic rings.